The van der Waals surface area contributed by atoms with Gasteiger partial charge in [0.1, 0.15) is 5.82 Å². The number of benzene rings is 1. The van der Waals surface area contributed by atoms with Crippen LogP contribution in [0.3, 0.4) is 0 Å². The summed E-state index contributed by atoms with van der Waals surface area (Å²) in [6.07, 6.45) is 1.76. The van der Waals surface area contributed by atoms with Gasteiger partial charge in [-0.3, -0.25) is 4.79 Å². The molecule has 3 nitrogen and oxygen atoms in total. The van der Waals surface area contributed by atoms with E-state index in [0.29, 0.717) is 19.4 Å². The van der Waals surface area contributed by atoms with Crippen LogP contribution in [0.1, 0.15) is 24.0 Å². The van der Waals surface area contributed by atoms with Crippen molar-refractivity contribution in [2.45, 2.75) is 26.2 Å². The first-order valence-electron chi connectivity index (χ1n) is 6.10. The highest BCUT2D eigenvalue weighted by Gasteiger charge is 2.40. The van der Waals surface area contributed by atoms with Gasteiger partial charge in [-0.15, -0.1) is 0 Å². The Morgan fingerprint density at radius 2 is 2.33 bits per heavy atom. The SMILES string of the molecule is Cc1cc(F)ccc1CC1(C(=O)O)CCCOC1. The smallest absolute Gasteiger partial charge is 0.312 e. The highest BCUT2D eigenvalue weighted by Crippen LogP contribution is 2.33. The molecular formula is C14H17FO3. The van der Waals surface area contributed by atoms with Crippen LogP contribution in [-0.4, -0.2) is 24.3 Å². The maximum atomic E-state index is 13.0. The lowest BCUT2D eigenvalue weighted by Crippen LogP contribution is -2.41. The Bertz CT molecular complexity index is 450. The van der Waals surface area contributed by atoms with E-state index in [-0.39, 0.29) is 12.4 Å². The molecule has 1 aliphatic rings. The number of carboxylic acid groups (broad SMARTS) is 1. The number of rotatable bonds is 3. The van der Waals surface area contributed by atoms with E-state index in [0.717, 1.165) is 17.5 Å². The number of hydrogen-bond acceptors (Lipinski definition) is 2. The maximum Gasteiger partial charge on any atom is 0.312 e. The molecule has 2 rings (SSSR count). The summed E-state index contributed by atoms with van der Waals surface area (Å²) in [5.74, 6) is -1.12. The maximum absolute atomic E-state index is 13.0. The molecule has 1 atom stereocenters. The summed E-state index contributed by atoms with van der Waals surface area (Å²) in [6.45, 7) is 2.66. The molecule has 1 aromatic carbocycles. The summed E-state index contributed by atoms with van der Waals surface area (Å²) in [5.41, 5.74) is 0.811. The summed E-state index contributed by atoms with van der Waals surface area (Å²) in [6, 6.07) is 4.49. The monoisotopic (exact) mass is 252 g/mol. The van der Waals surface area contributed by atoms with Gasteiger partial charge in [-0.05, 0) is 49.4 Å². The molecule has 0 aliphatic carbocycles. The number of ether oxygens (including phenoxy) is 1. The molecule has 98 valence electrons. The minimum Gasteiger partial charge on any atom is -0.481 e. The van der Waals surface area contributed by atoms with Crippen LogP contribution in [0, 0.1) is 18.2 Å². The molecule has 1 saturated heterocycles. The number of aliphatic carboxylic acids is 1. The number of carboxylic acids is 1. The van der Waals surface area contributed by atoms with Gasteiger partial charge in [0.05, 0.1) is 12.0 Å². The first-order chi connectivity index (χ1) is 8.53. The Hall–Kier alpha value is -1.42. The minimum atomic E-state index is -0.860. The largest absolute Gasteiger partial charge is 0.481 e. The lowest BCUT2D eigenvalue weighted by Gasteiger charge is -2.33. The zero-order valence-electron chi connectivity index (χ0n) is 10.4. The molecule has 0 amide bonds. The van der Waals surface area contributed by atoms with E-state index in [1.165, 1.54) is 12.1 Å². The van der Waals surface area contributed by atoms with Gasteiger partial charge < -0.3 is 9.84 Å². The summed E-state index contributed by atoms with van der Waals surface area (Å²) < 4.78 is 18.4. The highest BCUT2D eigenvalue weighted by atomic mass is 19.1. The van der Waals surface area contributed by atoms with Crippen molar-refractivity contribution < 1.29 is 19.0 Å². The molecule has 1 aromatic rings. The van der Waals surface area contributed by atoms with Crippen LogP contribution >= 0.6 is 0 Å². The lowest BCUT2D eigenvalue weighted by atomic mass is 9.76. The van der Waals surface area contributed by atoms with Gasteiger partial charge in [0, 0.05) is 6.61 Å². The van der Waals surface area contributed by atoms with E-state index in [4.69, 9.17) is 4.74 Å². The Balaban J connectivity index is 2.26. The molecular weight excluding hydrogens is 235 g/mol. The van der Waals surface area contributed by atoms with Crippen molar-refractivity contribution in [2.75, 3.05) is 13.2 Å². The molecule has 1 unspecified atom stereocenters. The van der Waals surface area contributed by atoms with E-state index in [2.05, 4.69) is 0 Å². The Morgan fingerprint density at radius 3 is 2.89 bits per heavy atom. The average Bonchev–Trinajstić information content (AvgIpc) is 2.34. The van der Waals surface area contributed by atoms with Crippen molar-refractivity contribution in [1.29, 1.82) is 0 Å². The fraction of sp³-hybridized carbons (Fsp3) is 0.500. The molecule has 0 aromatic heterocycles. The number of halogens is 1. The zero-order chi connectivity index (χ0) is 13.2. The number of hydrogen-bond donors (Lipinski definition) is 1. The van der Waals surface area contributed by atoms with Crippen LogP contribution in [0.4, 0.5) is 4.39 Å². The number of aryl methyl sites for hydroxylation is 1. The van der Waals surface area contributed by atoms with Gasteiger partial charge in [0.2, 0.25) is 0 Å². The molecule has 1 aliphatic heterocycles. The van der Waals surface area contributed by atoms with Crippen LogP contribution in [0.2, 0.25) is 0 Å². The van der Waals surface area contributed by atoms with E-state index in [1.54, 1.807) is 13.0 Å². The van der Waals surface area contributed by atoms with Crippen molar-refractivity contribution in [2.24, 2.45) is 5.41 Å². The van der Waals surface area contributed by atoms with Crippen molar-refractivity contribution >= 4 is 5.97 Å². The fourth-order valence-electron chi connectivity index (χ4n) is 2.46. The van der Waals surface area contributed by atoms with Crippen molar-refractivity contribution in [3.63, 3.8) is 0 Å². The summed E-state index contributed by atoms with van der Waals surface area (Å²) in [4.78, 5) is 11.5. The molecule has 18 heavy (non-hydrogen) atoms. The van der Waals surface area contributed by atoms with Crippen molar-refractivity contribution in [3.8, 4) is 0 Å². The van der Waals surface area contributed by atoms with Crippen LogP contribution in [-0.2, 0) is 16.0 Å². The van der Waals surface area contributed by atoms with Crippen LogP contribution in [0.25, 0.3) is 0 Å². The predicted molar refractivity (Wildman–Crippen MR) is 65.0 cm³/mol. The Kier molecular flexibility index (Phi) is 3.66. The topological polar surface area (TPSA) is 46.5 Å². The minimum absolute atomic E-state index is 0.235. The molecule has 1 N–H and O–H groups in total. The third-order valence-corrected chi connectivity index (χ3v) is 3.61. The quantitative estimate of drug-likeness (QED) is 0.899. The molecule has 0 spiro atoms. The van der Waals surface area contributed by atoms with Crippen LogP contribution in [0.15, 0.2) is 18.2 Å². The molecule has 0 radical (unpaired) electrons. The second kappa shape index (κ2) is 5.06. The third kappa shape index (κ3) is 2.53. The van der Waals surface area contributed by atoms with Gasteiger partial charge in [0.25, 0.3) is 0 Å². The standard InChI is InChI=1S/C14H17FO3/c1-10-7-12(15)4-3-11(10)8-14(13(16)17)5-2-6-18-9-14/h3-4,7H,2,5-6,8-9H2,1H3,(H,16,17). The normalized spacial score (nSPS) is 23.9. The third-order valence-electron chi connectivity index (χ3n) is 3.61. The summed E-state index contributed by atoms with van der Waals surface area (Å²) in [5, 5.41) is 9.44. The second-order valence-electron chi connectivity index (χ2n) is 4.99. The lowest BCUT2D eigenvalue weighted by molar-refractivity contribution is -0.157. The van der Waals surface area contributed by atoms with Crippen LogP contribution < -0.4 is 0 Å². The van der Waals surface area contributed by atoms with Gasteiger partial charge in [0.15, 0.2) is 0 Å². The van der Waals surface area contributed by atoms with Gasteiger partial charge in [-0.25, -0.2) is 4.39 Å². The fourth-order valence-corrected chi connectivity index (χ4v) is 2.46. The van der Waals surface area contributed by atoms with Crippen molar-refractivity contribution in [1.82, 2.24) is 0 Å². The Morgan fingerprint density at radius 1 is 1.56 bits per heavy atom. The molecule has 0 bridgehead atoms. The first-order valence-corrected chi connectivity index (χ1v) is 6.10. The van der Waals surface area contributed by atoms with Crippen LogP contribution in [0.5, 0.6) is 0 Å². The van der Waals surface area contributed by atoms with E-state index >= 15 is 0 Å². The first kappa shape index (κ1) is 13.0. The van der Waals surface area contributed by atoms with Crippen molar-refractivity contribution in [3.05, 3.63) is 35.1 Å². The molecule has 1 heterocycles. The van der Waals surface area contributed by atoms with Gasteiger partial charge in [-0.2, -0.15) is 0 Å². The van der Waals surface area contributed by atoms with E-state index in [1.807, 2.05) is 0 Å². The Labute approximate surface area is 106 Å². The molecule has 4 heteroatoms. The van der Waals surface area contributed by atoms with Gasteiger partial charge >= 0.3 is 5.97 Å². The summed E-state index contributed by atoms with van der Waals surface area (Å²) in [7, 11) is 0. The predicted octanol–water partition coefficient (Wildman–Crippen LogP) is 2.56. The van der Waals surface area contributed by atoms with E-state index < -0.39 is 11.4 Å². The molecule has 0 saturated carbocycles. The van der Waals surface area contributed by atoms with E-state index in [9.17, 15) is 14.3 Å². The zero-order valence-corrected chi connectivity index (χ0v) is 10.4. The van der Waals surface area contributed by atoms with Gasteiger partial charge in [-0.1, -0.05) is 6.07 Å². The average molecular weight is 252 g/mol. The molecule has 1 fully saturated rings. The summed E-state index contributed by atoms with van der Waals surface area (Å²) >= 11 is 0. The second-order valence-corrected chi connectivity index (χ2v) is 4.99. The number of carbonyl (C=O) groups is 1. The highest BCUT2D eigenvalue weighted by molar-refractivity contribution is 5.75.